The number of hydrogen-bond donors (Lipinski definition) is 2. The molecule has 1 aromatic heterocycles. The molecule has 5 aromatic rings. The molecule has 0 radical (unpaired) electrons. The molecule has 13 heteroatoms. The fraction of sp³-hybridized carbons (Fsp3) is 0.176. The highest BCUT2D eigenvalue weighted by molar-refractivity contribution is 8.04. The van der Waals surface area contributed by atoms with Crippen LogP contribution in [0.15, 0.2) is 111 Å². The summed E-state index contributed by atoms with van der Waals surface area (Å²) in [5.41, 5.74) is 5.86. The molecule has 6 rings (SSSR count). The SMILES string of the molecule is CS(=O)(O)=NC(=O)C[n+]1c(C=C2Sc3ccc(-c4ccccc4)cc3N2CCCCS(=O)(=O)O)sc2ccc(-c3ccccc3)cc21. The Morgan fingerprint density at radius 1 is 0.851 bits per heavy atom. The van der Waals surface area contributed by atoms with E-state index in [1.165, 1.54) is 11.3 Å². The summed E-state index contributed by atoms with van der Waals surface area (Å²) >= 11 is 3.07. The average Bonchev–Trinajstić information content (AvgIpc) is 3.54. The van der Waals surface area contributed by atoms with Gasteiger partial charge in [0.25, 0.3) is 15.1 Å². The first-order valence-corrected chi connectivity index (χ1v) is 19.9. The highest BCUT2D eigenvalue weighted by Gasteiger charge is 2.29. The van der Waals surface area contributed by atoms with Gasteiger partial charge < -0.3 is 9.45 Å². The van der Waals surface area contributed by atoms with Crippen LogP contribution in [0.5, 0.6) is 0 Å². The van der Waals surface area contributed by atoms with Crippen molar-refractivity contribution < 1.29 is 31.1 Å². The maximum absolute atomic E-state index is 13.0. The summed E-state index contributed by atoms with van der Waals surface area (Å²) in [4.78, 5) is 16.1. The molecule has 9 nitrogen and oxygen atoms in total. The molecule has 0 aliphatic carbocycles. The second-order valence-electron chi connectivity index (χ2n) is 11.1. The van der Waals surface area contributed by atoms with Crippen LogP contribution in [0, 0.1) is 0 Å². The van der Waals surface area contributed by atoms with Crippen molar-refractivity contribution in [2.45, 2.75) is 24.3 Å². The second-order valence-corrected chi connectivity index (χ2v) is 16.5. The van der Waals surface area contributed by atoms with Crippen LogP contribution in [0.25, 0.3) is 38.5 Å². The summed E-state index contributed by atoms with van der Waals surface area (Å²) in [7, 11) is -7.71. The first-order chi connectivity index (χ1) is 22.4. The van der Waals surface area contributed by atoms with Crippen molar-refractivity contribution in [3.8, 4) is 22.3 Å². The van der Waals surface area contributed by atoms with Gasteiger partial charge in [-0.3, -0.25) is 9.35 Å². The van der Waals surface area contributed by atoms with Crippen LogP contribution < -0.4 is 9.47 Å². The highest BCUT2D eigenvalue weighted by atomic mass is 32.2. The number of fused-ring (bicyclic) bond motifs is 2. The van der Waals surface area contributed by atoms with Crippen LogP contribution >= 0.6 is 23.1 Å². The molecular formula is C34H32N3O6S4+. The summed E-state index contributed by atoms with van der Waals surface area (Å²) in [5.74, 6) is -1.03. The van der Waals surface area contributed by atoms with Gasteiger partial charge in [-0.05, 0) is 53.3 Å². The standard InChI is InChI=1S/C34H31N3O6S4/c1-46(39,40)35-32(38)23-37-29-21-27(25-12-6-3-7-13-25)15-17-31(29)45-34(37)22-33-36(18-8-9-19-47(41,42)43)28-20-26(14-16-30(28)44-33)24-10-4-2-5-11-24/h2-7,10-17,20-22H,8-9,18-19,23H2,1H3,(H-,35,38,39,40,41,42,43)/p+1. The molecule has 0 spiro atoms. The van der Waals surface area contributed by atoms with Gasteiger partial charge in [0.15, 0.2) is 10.0 Å². The van der Waals surface area contributed by atoms with E-state index in [1.54, 1.807) is 11.8 Å². The van der Waals surface area contributed by atoms with E-state index in [9.17, 15) is 26.5 Å². The number of rotatable bonds is 10. The number of hydrogen-bond acceptors (Lipinski definition) is 7. The molecule has 0 fully saturated rings. The van der Waals surface area contributed by atoms with E-state index < -0.39 is 26.0 Å². The molecule has 1 atom stereocenters. The fourth-order valence-electron chi connectivity index (χ4n) is 5.44. The number of benzene rings is 4. The minimum absolute atomic E-state index is 0.229. The molecule has 1 unspecified atom stereocenters. The van der Waals surface area contributed by atoms with Crippen molar-refractivity contribution in [3.05, 3.63) is 107 Å². The maximum Gasteiger partial charge on any atom is 0.321 e. The number of aromatic nitrogens is 1. The third-order valence-electron chi connectivity index (χ3n) is 7.52. The fourth-order valence-corrected chi connectivity index (χ4v) is 8.71. The first-order valence-electron chi connectivity index (χ1n) is 14.7. The molecule has 1 amide bonds. The van der Waals surface area contributed by atoms with Crippen LogP contribution in [-0.4, -0.2) is 46.2 Å². The van der Waals surface area contributed by atoms with Crippen LogP contribution in [0.4, 0.5) is 5.69 Å². The topological polar surface area (TPSA) is 128 Å². The van der Waals surface area contributed by atoms with E-state index in [2.05, 4.69) is 27.5 Å². The lowest BCUT2D eigenvalue weighted by Crippen LogP contribution is -2.39. The van der Waals surface area contributed by atoms with Gasteiger partial charge in [-0.15, -0.1) is 4.36 Å². The van der Waals surface area contributed by atoms with Crippen molar-refractivity contribution in [2.75, 3.05) is 23.5 Å². The number of amides is 1. The third-order valence-corrected chi connectivity index (χ3v) is 11.1. The first kappa shape index (κ1) is 33.1. The van der Waals surface area contributed by atoms with Crippen molar-refractivity contribution >= 4 is 71.1 Å². The number of unbranched alkanes of at least 4 members (excludes halogenated alkanes) is 1. The molecule has 1 aliphatic rings. The van der Waals surface area contributed by atoms with Crippen LogP contribution in [0.1, 0.15) is 17.8 Å². The molecule has 2 N–H and O–H groups in total. The molecule has 0 saturated carbocycles. The monoisotopic (exact) mass is 706 g/mol. The van der Waals surface area contributed by atoms with Gasteiger partial charge in [0.05, 0.1) is 22.5 Å². The summed E-state index contributed by atoms with van der Waals surface area (Å²) in [5, 5.41) is 1.63. The van der Waals surface area contributed by atoms with Crippen LogP contribution in [0.2, 0.25) is 0 Å². The zero-order valence-electron chi connectivity index (χ0n) is 25.4. The molecule has 2 heterocycles. The van der Waals surface area contributed by atoms with Crippen molar-refractivity contribution in [2.24, 2.45) is 4.36 Å². The Morgan fingerprint density at radius 2 is 1.49 bits per heavy atom. The van der Waals surface area contributed by atoms with Gasteiger partial charge in [0.1, 0.15) is 4.70 Å². The summed E-state index contributed by atoms with van der Waals surface area (Å²) in [6.45, 7) is 0.270. The minimum Gasteiger partial charge on any atom is -0.335 e. The molecule has 0 bridgehead atoms. The molecular weight excluding hydrogens is 675 g/mol. The average molecular weight is 707 g/mol. The quantitative estimate of drug-likeness (QED) is 0.0887. The zero-order chi connectivity index (χ0) is 33.2. The predicted octanol–water partition coefficient (Wildman–Crippen LogP) is 7.20. The molecule has 0 saturated heterocycles. The Labute approximate surface area is 282 Å². The largest absolute Gasteiger partial charge is 0.335 e. The van der Waals surface area contributed by atoms with E-state index >= 15 is 0 Å². The molecule has 4 aromatic carbocycles. The molecule has 47 heavy (non-hydrogen) atoms. The summed E-state index contributed by atoms with van der Waals surface area (Å²) in [6.07, 6.45) is 3.81. The Morgan fingerprint density at radius 3 is 2.13 bits per heavy atom. The van der Waals surface area contributed by atoms with Crippen LogP contribution in [0.3, 0.4) is 0 Å². The number of nitrogens with zero attached hydrogens (tertiary/aromatic N) is 3. The van der Waals surface area contributed by atoms with Gasteiger partial charge in [0, 0.05) is 23.8 Å². The Hall–Kier alpha value is -3.85. The lowest BCUT2D eigenvalue weighted by atomic mass is 10.0. The normalized spacial score (nSPS) is 15.1. The van der Waals surface area contributed by atoms with Crippen molar-refractivity contribution in [1.82, 2.24) is 0 Å². The lowest BCUT2D eigenvalue weighted by Gasteiger charge is -2.20. The zero-order valence-corrected chi connectivity index (χ0v) is 28.6. The molecule has 242 valence electrons. The third kappa shape index (κ3) is 8.18. The van der Waals surface area contributed by atoms with Crippen LogP contribution in [-0.2, 0) is 31.5 Å². The van der Waals surface area contributed by atoms with E-state index in [0.29, 0.717) is 19.4 Å². The van der Waals surface area contributed by atoms with Gasteiger partial charge in [-0.1, -0.05) is 95.9 Å². The summed E-state index contributed by atoms with van der Waals surface area (Å²) in [6, 6.07) is 32.2. The van der Waals surface area contributed by atoms with Gasteiger partial charge in [0.2, 0.25) is 12.1 Å². The smallest absolute Gasteiger partial charge is 0.321 e. The van der Waals surface area contributed by atoms with Crippen molar-refractivity contribution in [3.63, 3.8) is 0 Å². The number of carbonyl (C=O) groups is 1. The Balaban J connectivity index is 1.44. The van der Waals surface area contributed by atoms with E-state index in [0.717, 1.165) is 59.3 Å². The number of anilines is 1. The van der Waals surface area contributed by atoms with Gasteiger partial charge >= 0.3 is 5.91 Å². The maximum atomic E-state index is 13.0. The van der Waals surface area contributed by atoms with E-state index in [4.69, 9.17) is 0 Å². The number of thiazole rings is 1. The Kier molecular flexibility index (Phi) is 9.65. The van der Waals surface area contributed by atoms with Crippen molar-refractivity contribution in [1.29, 1.82) is 0 Å². The number of carbonyl (C=O) groups excluding carboxylic acids is 1. The minimum atomic E-state index is -4.07. The number of thioether (sulfide) groups is 1. The van der Waals surface area contributed by atoms with Gasteiger partial charge in [-0.25, -0.2) is 4.21 Å². The van der Waals surface area contributed by atoms with E-state index in [1.807, 2.05) is 89.5 Å². The van der Waals surface area contributed by atoms with E-state index in [-0.39, 0.29) is 12.3 Å². The summed E-state index contributed by atoms with van der Waals surface area (Å²) < 4.78 is 60.1. The molecule has 1 aliphatic heterocycles. The predicted molar refractivity (Wildman–Crippen MR) is 190 cm³/mol. The Bertz CT molecular complexity index is 2220. The lowest BCUT2D eigenvalue weighted by molar-refractivity contribution is -0.655. The highest BCUT2D eigenvalue weighted by Crippen LogP contribution is 2.48. The van der Waals surface area contributed by atoms with Gasteiger partial charge in [-0.2, -0.15) is 13.0 Å². The second kappa shape index (κ2) is 13.7.